The van der Waals surface area contributed by atoms with E-state index in [0.717, 1.165) is 19.3 Å². The molecule has 1 unspecified atom stereocenters. The number of alkyl halides is 2. The van der Waals surface area contributed by atoms with Crippen molar-refractivity contribution in [3.8, 4) is 0 Å². The van der Waals surface area contributed by atoms with Gasteiger partial charge in [0.25, 0.3) is 0 Å². The van der Waals surface area contributed by atoms with E-state index in [-0.39, 0.29) is 18.3 Å². The minimum Gasteiger partial charge on any atom is -0.378 e. The molecule has 1 saturated heterocycles. The molecule has 1 aliphatic carbocycles. The number of halogens is 2. The van der Waals surface area contributed by atoms with Crippen LogP contribution in [0.5, 0.6) is 0 Å². The molecule has 0 amide bonds. The Kier molecular flexibility index (Phi) is 2.10. The van der Waals surface area contributed by atoms with Gasteiger partial charge in [-0.25, -0.2) is 8.78 Å². The topological polar surface area (TPSA) is 9.23 Å². The third-order valence-corrected chi connectivity index (χ3v) is 3.34. The second-order valence-corrected chi connectivity index (χ2v) is 4.59. The Hall–Kier alpha value is -0.180. The molecule has 0 aromatic rings. The number of hydrogen-bond acceptors (Lipinski definition) is 1. The standard InChI is InChI=1S/C10H16F2O/c1-2-8-3-4-9(7-13-8)5-10(11,12)6-9/h8H,2-7H2,1H3. The summed E-state index contributed by atoms with van der Waals surface area (Å²) in [5.41, 5.74) is -0.158. The second kappa shape index (κ2) is 2.91. The zero-order valence-corrected chi connectivity index (χ0v) is 7.98. The fourth-order valence-corrected chi connectivity index (χ4v) is 2.56. The maximum absolute atomic E-state index is 12.7. The Morgan fingerprint density at radius 1 is 1.38 bits per heavy atom. The van der Waals surface area contributed by atoms with E-state index in [9.17, 15) is 8.78 Å². The summed E-state index contributed by atoms with van der Waals surface area (Å²) < 4.78 is 30.9. The van der Waals surface area contributed by atoms with Crippen molar-refractivity contribution >= 4 is 0 Å². The Morgan fingerprint density at radius 2 is 2.08 bits per heavy atom. The fraction of sp³-hybridized carbons (Fsp3) is 1.00. The van der Waals surface area contributed by atoms with E-state index in [0.29, 0.717) is 12.7 Å². The Morgan fingerprint density at radius 3 is 2.46 bits per heavy atom. The van der Waals surface area contributed by atoms with E-state index < -0.39 is 5.92 Å². The molecule has 2 rings (SSSR count). The van der Waals surface area contributed by atoms with Crippen molar-refractivity contribution in [2.24, 2.45) is 5.41 Å². The van der Waals surface area contributed by atoms with E-state index in [1.165, 1.54) is 0 Å². The van der Waals surface area contributed by atoms with Gasteiger partial charge in [0.1, 0.15) is 0 Å². The Bertz CT molecular complexity index is 185. The highest BCUT2D eigenvalue weighted by atomic mass is 19.3. The van der Waals surface area contributed by atoms with Gasteiger partial charge in [-0.2, -0.15) is 0 Å². The van der Waals surface area contributed by atoms with Crippen LogP contribution in [0.4, 0.5) is 8.78 Å². The van der Waals surface area contributed by atoms with Crippen LogP contribution in [0, 0.1) is 5.41 Å². The average Bonchev–Trinajstić information content (AvgIpc) is 2.02. The van der Waals surface area contributed by atoms with Gasteiger partial charge in [0.2, 0.25) is 5.92 Å². The lowest BCUT2D eigenvalue weighted by Gasteiger charge is -2.50. The molecule has 1 heterocycles. The van der Waals surface area contributed by atoms with E-state index in [2.05, 4.69) is 6.92 Å². The lowest BCUT2D eigenvalue weighted by Crippen LogP contribution is -2.51. The molecule has 1 atom stereocenters. The minimum absolute atomic E-state index is 0.0520. The summed E-state index contributed by atoms with van der Waals surface area (Å²) >= 11 is 0. The number of ether oxygens (including phenoxy) is 1. The van der Waals surface area contributed by atoms with Crippen LogP contribution in [0.15, 0.2) is 0 Å². The predicted octanol–water partition coefficient (Wildman–Crippen LogP) is 2.99. The molecule has 0 aromatic heterocycles. The summed E-state index contributed by atoms with van der Waals surface area (Å²) in [5, 5.41) is 0. The van der Waals surface area contributed by atoms with E-state index in [1.54, 1.807) is 0 Å². The molecule has 2 aliphatic rings. The first kappa shape index (κ1) is 9.38. The van der Waals surface area contributed by atoms with Crippen LogP contribution in [0.25, 0.3) is 0 Å². The molecule has 1 aliphatic heterocycles. The van der Waals surface area contributed by atoms with E-state index in [4.69, 9.17) is 4.74 Å². The molecule has 0 bridgehead atoms. The summed E-state index contributed by atoms with van der Waals surface area (Å²) in [4.78, 5) is 0. The second-order valence-electron chi connectivity index (χ2n) is 4.59. The molecule has 3 heteroatoms. The summed E-state index contributed by atoms with van der Waals surface area (Å²) in [6, 6.07) is 0. The van der Waals surface area contributed by atoms with Gasteiger partial charge in [-0.05, 0) is 19.3 Å². The van der Waals surface area contributed by atoms with Gasteiger partial charge < -0.3 is 4.74 Å². The van der Waals surface area contributed by atoms with Crippen LogP contribution >= 0.6 is 0 Å². The molecular formula is C10H16F2O. The van der Waals surface area contributed by atoms with E-state index >= 15 is 0 Å². The number of hydrogen-bond donors (Lipinski definition) is 0. The van der Waals surface area contributed by atoms with Crippen LogP contribution in [0.1, 0.15) is 39.0 Å². The third-order valence-electron chi connectivity index (χ3n) is 3.34. The fourth-order valence-electron chi connectivity index (χ4n) is 2.56. The van der Waals surface area contributed by atoms with Gasteiger partial charge in [-0.3, -0.25) is 0 Å². The van der Waals surface area contributed by atoms with Crippen molar-refractivity contribution in [3.63, 3.8) is 0 Å². The van der Waals surface area contributed by atoms with Crippen molar-refractivity contribution in [1.29, 1.82) is 0 Å². The molecule has 1 nitrogen and oxygen atoms in total. The highest BCUT2D eigenvalue weighted by Crippen LogP contribution is 2.56. The van der Waals surface area contributed by atoms with Gasteiger partial charge in [0.15, 0.2) is 0 Å². The van der Waals surface area contributed by atoms with Gasteiger partial charge in [0.05, 0.1) is 12.7 Å². The normalized spacial score (nSPS) is 35.8. The van der Waals surface area contributed by atoms with Crippen LogP contribution in [-0.4, -0.2) is 18.6 Å². The first-order chi connectivity index (χ1) is 6.05. The SMILES string of the molecule is CCC1CCC2(CO1)CC(F)(F)C2. The van der Waals surface area contributed by atoms with Gasteiger partial charge >= 0.3 is 0 Å². The summed E-state index contributed by atoms with van der Waals surface area (Å²) in [5.74, 6) is -2.40. The molecule has 0 aromatic carbocycles. The Labute approximate surface area is 77.5 Å². The smallest absolute Gasteiger partial charge is 0.249 e. The number of rotatable bonds is 1. The van der Waals surface area contributed by atoms with Crippen molar-refractivity contribution in [1.82, 2.24) is 0 Å². The van der Waals surface area contributed by atoms with E-state index in [1.807, 2.05) is 0 Å². The van der Waals surface area contributed by atoms with Gasteiger partial charge in [-0.1, -0.05) is 6.92 Å². The largest absolute Gasteiger partial charge is 0.378 e. The summed E-state index contributed by atoms with van der Waals surface area (Å²) in [6.45, 7) is 2.64. The van der Waals surface area contributed by atoms with Gasteiger partial charge in [-0.15, -0.1) is 0 Å². The quantitative estimate of drug-likeness (QED) is 0.617. The molecule has 13 heavy (non-hydrogen) atoms. The first-order valence-corrected chi connectivity index (χ1v) is 5.05. The van der Waals surface area contributed by atoms with Crippen molar-refractivity contribution in [3.05, 3.63) is 0 Å². The first-order valence-electron chi connectivity index (χ1n) is 5.05. The Balaban J connectivity index is 1.86. The minimum atomic E-state index is -2.40. The van der Waals surface area contributed by atoms with Crippen LogP contribution < -0.4 is 0 Å². The summed E-state index contributed by atoms with van der Waals surface area (Å²) in [6.07, 6.45) is 3.33. The van der Waals surface area contributed by atoms with Crippen molar-refractivity contribution < 1.29 is 13.5 Å². The molecular weight excluding hydrogens is 174 g/mol. The molecule has 76 valence electrons. The molecule has 1 spiro atoms. The maximum atomic E-state index is 12.7. The van der Waals surface area contributed by atoms with Gasteiger partial charge in [0, 0.05) is 18.3 Å². The lowest BCUT2D eigenvalue weighted by molar-refractivity contribution is -0.211. The third kappa shape index (κ3) is 1.71. The predicted molar refractivity (Wildman–Crippen MR) is 45.9 cm³/mol. The summed E-state index contributed by atoms with van der Waals surface area (Å²) in [7, 11) is 0. The van der Waals surface area contributed by atoms with Crippen molar-refractivity contribution in [2.45, 2.75) is 51.1 Å². The van der Waals surface area contributed by atoms with Crippen LogP contribution in [0.3, 0.4) is 0 Å². The lowest BCUT2D eigenvalue weighted by atomic mass is 9.63. The zero-order valence-electron chi connectivity index (χ0n) is 7.98. The monoisotopic (exact) mass is 190 g/mol. The zero-order chi connectivity index (χ0) is 9.53. The molecule has 1 saturated carbocycles. The highest BCUT2D eigenvalue weighted by molar-refractivity contribution is 5.00. The molecule has 0 radical (unpaired) electrons. The molecule has 2 fully saturated rings. The van der Waals surface area contributed by atoms with Crippen molar-refractivity contribution in [2.75, 3.05) is 6.61 Å². The highest BCUT2D eigenvalue weighted by Gasteiger charge is 2.57. The average molecular weight is 190 g/mol. The van der Waals surface area contributed by atoms with Crippen LogP contribution in [-0.2, 0) is 4.74 Å². The molecule has 0 N–H and O–H groups in total. The van der Waals surface area contributed by atoms with Crippen LogP contribution in [0.2, 0.25) is 0 Å². The maximum Gasteiger partial charge on any atom is 0.249 e.